The van der Waals surface area contributed by atoms with Crippen molar-refractivity contribution < 1.29 is 4.79 Å². The Morgan fingerprint density at radius 1 is 1.04 bits per heavy atom. The summed E-state index contributed by atoms with van der Waals surface area (Å²) in [6, 6.07) is 12.7. The van der Waals surface area contributed by atoms with Gasteiger partial charge in [-0.25, -0.2) is 4.68 Å². The normalized spacial score (nSPS) is 11.1. The number of carbonyl (C=O) groups excluding carboxylic acids is 1. The summed E-state index contributed by atoms with van der Waals surface area (Å²) in [4.78, 5) is 25.4. The van der Waals surface area contributed by atoms with Gasteiger partial charge in [0.1, 0.15) is 0 Å². The minimum Gasteiger partial charge on any atom is -0.321 e. The molecule has 0 fully saturated rings. The highest BCUT2D eigenvalue weighted by Crippen LogP contribution is 2.18. The molecule has 128 valence electrons. The van der Waals surface area contributed by atoms with Crippen molar-refractivity contribution in [3.05, 3.63) is 69.6 Å². The fourth-order valence-corrected chi connectivity index (χ4v) is 2.73. The summed E-state index contributed by atoms with van der Waals surface area (Å²) in [5.74, 6) is -0.325. The van der Waals surface area contributed by atoms with Crippen LogP contribution in [-0.4, -0.2) is 15.7 Å². The fraction of sp³-hybridized carbons (Fsp3) is 0.250. The van der Waals surface area contributed by atoms with Crippen molar-refractivity contribution in [2.24, 2.45) is 0 Å². The topological polar surface area (TPSA) is 64.0 Å². The zero-order valence-electron chi connectivity index (χ0n) is 14.8. The molecule has 0 saturated heterocycles. The number of fused-ring (bicyclic) bond motifs is 1. The van der Waals surface area contributed by atoms with E-state index in [2.05, 4.69) is 10.4 Å². The maximum atomic E-state index is 12.8. The summed E-state index contributed by atoms with van der Waals surface area (Å²) >= 11 is 0. The Morgan fingerprint density at radius 3 is 2.36 bits per heavy atom. The lowest BCUT2D eigenvalue weighted by Gasteiger charge is -2.14. The van der Waals surface area contributed by atoms with Gasteiger partial charge < -0.3 is 5.32 Å². The molecular weight excluding hydrogens is 314 g/mol. The molecule has 5 heteroatoms. The highest BCUT2D eigenvalue weighted by Gasteiger charge is 2.18. The van der Waals surface area contributed by atoms with E-state index < -0.39 is 0 Å². The summed E-state index contributed by atoms with van der Waals surface area (Å²) in [5.41, 5.74) is 3.04. The van der Waals surface area contributed by atoms with Gasteiger partial charge in [0.2, 0.25) is 0 Å². The van der Waals surface area contributed by atoms with Crippen molar-refractivity contribution in [2.75, 3.05) is 5.32 Å². The van der Waals surface area contributed by atoms with Gasteiger partial charge in [0.05, 0.1) is 11.4 Å². The first-order valence-corrected chi connectivity index (χ1v) is 8.28. The SMILES string of the molecule is Cc1ccc(NC(=O)c2nn(C(C)C)c(=O)c3ccccc23)cc1C. The number of carbonyl (C=O) groups is 1. The Kier molecular flexibility index (Phi) is 4.40. The minimum absolute atomic E-state index is 0.134. The molecule has 1 N–H and O–H groups in total. The van der Waals surface area contributed by atoms with Crippen LogP contribution in [0.5, 0.6) is 0 Å². The summed E-state index contributed by atoms with van der Waals surface area (Å²) in [6.07, 6.45) is 0. The van der Waals surface area contributed by atoms with Crippen LogP contribution in [0.2, 0.25) is 0 Å². The molecule has 0 atom stereocenters. The van der Waals surface area contributed by atoms with Crippen LogP contribution >= 0.6 is 0 Å². The lowest BCUT2D eigenvalue weighted by Crippen LogP contribution is -2.28. The van der Waals surface area contributed by atoms with E-state index >= 15 is 0 Å². The van der Waals surface area contributed by atoms with E-state index in [-0.39, 0.29) is 23.2 Å². The maximum Gasteiger partial charge on any atom is 0.276 e. The van der Waals surface area contributed by atoms with Gasteiger partial charge in [-0.15, -0.1) is 0 Å². The molecule has 2 aromatic carbocycles. The summed E-state index contributed by atoms with van der Waals surface area (Å²) in [7, 11) is 0. The summed E-state index contributed by atoms with van der Waals surface area (Å²) in [5, 5.41) is 8.27. The van der Waals surface area contributed by atoms with Gasteiger partial charge in [-0.2, -0.15) is 5.10 Å². The van der Waals surface area contributed by atoms with Crippen molar-refractivity contribution >= 4 is 22.4 Å². The average molecular weight is 335 g/mol. The monoisotopic (exact) mass is 335 g/mol. The van der Waals surface area contributed by atoms with E-state index in [0.717, 1.165) is 11.1 Å². The number of nitrogens with zero attached hydrogens (tertiary/aromatic N) is 2. The van der Waals surface area contributed by atoms with Crippen molar-refractivity contribution in [3.63, 3.8) is 0 Å². The second-order valence-electron chi connectivity index (χ2n) is 6.49. The number of benzene rings is 2. The van der Waals surface area contributed by atoms with E-state index in [0.29, 0.717) is 16.5 Å². The summed E-state index contributed by atoms with van der Waals surface area (Å²) in [6.45, 7) is 7.76. The molecule has 0 aliphatic rings. The van der Waals surface area contributed by atoms with Crippen LogP contribution in [0.15, 0.2) is 47.3 Å². The summed E-state index contributed by atoms with van der Waals surface area (Å²) < 4.78 is 1.36. The number of aryl methyl sites for hydroxylation is 2. The van der Waals surface area contributed by atoms with E-state index in [1.807, 2.05) is 45.9 Å². The van der Waals surface area contributed by atoms with E-state index in [9.17, 15) is 9.59 Å². The first-order valence-electron chi connectivity index (χ1n) is 8.28. The fourth-order valence-electron chi connectivity index (χ4n) is 2.73. The quantitative estimate of drug-likeness (QED) is 0.791. The van der Waals surface area contributed by atoms with Gasteiger partial charge in [-0.3, -0.25) is 9.59 Å². The predicted molar refractivity (Wildman–Crippen MR) is 100 cm³/mol. The van der Waals surface area contributed by atoms with Crippen LogP contribution in [0.3, 0.4) is 0 Å². The molecule has 1 aromatic heterocycles. The van der Waals surface area contributed by atoms with Crippen LogP contribution < -0.4 is 10.9 Å². The van der Waals surface area contributed by atoms with Crippen LogP contribution in [-0.2, 0) is 0 Å². The van der Waals surface area contributed by atoms with Gasteiger partial charge >= 0.3 is 0 Å². The molecule has 0 aliphatic carbocycles. The molecule has 25 heavy (non-hydrogen) atoms. The Balaban J connectivity index is 2.10. The number of amides is 1. The predicted octanol–water partition coefficient (Wildman–Crippen LogP) is 3.85. The molecule has 1 heterocycles. The molecule has 0 radical (unpaired) electrons. The Hall–Kier alpha value is -2.95. The minimum atomic E-state index is -0.325. The molecule has 3 rings (SSSR count). The molecule has 0 aliphatic heterocycles. The van der Waals surface area contributed by atoms with Crippen molar-refractivity contribution in [2.45, 2.75) is 33.7 Å². The number of aromatic nitrogens is 2. The molecule has 0 unspecified atom stereocenters. The highest BCUT2D eigenvalue weighted by atomic mass is 16.2. The Morgan fingerprint density at radius 2 is 1.72 bits per heavy atom. The highest BCUT2D eigenvalue weighted by molar-refractivity contribution is 6.11. The van der Waals surface area contributed by atoms with Crippen molar-refractivity contribution in [1.29, 1.82) is 0 Å². The van der Waals surface area contributed by atoms with E-state index in [1.54, 1.807) is 24.3 Å². The molecule has 0 saturated carbocycles. The smallest absolute Gasteiger partial charge is 0.276 e. The molecule has 3 aromatic rings. The Bertz CT molecular complexity index is 1020. The molecule has 0 spiro atoms. The third-order valence-corrected chi connectivity index (χ3v) is 4.30. The van der Waals surface area contributed by atoms with Crippen LogP contribution in [0.4, 0.5) is 5.69 Å². The molecular formula is C20H21N3O2. The van der Waals surface area contributed by atoms with Crippen molar-refractivity contribution in [3.8, 4) is 0 Å². The van der Waals surface area contributed by atoms with E-state index in [1.165, 1.54) is 4.68 Å². The molecule has 5 nitrogen and oxygen atoms in total. The standard InChI is InChI=1S/C20H21N3O2/c1-12(2)23-20(25)17-8-6-5-7-16(17)18(22-23)19(24)21-15-10-9-13(3)14(4)11-15/h5-12H,1-4H3,(H,21,24). The maximum absolute atomic E-state index is 12.8. The number of hydrogen-bond donors (Lipinski definition) is 1. The zero-order valence-corrected chi connectivity index (χ0v) is 14.8. The van der Waals surface area contributed by atoms with Crippen LogP contribution in [0, 0.1) is 13.8 Å². The van der Waals surface area contributed by atoms with Gasteiger partial charge in [-0.05, 0) is 57.0 Å². The lowest BCUT2D eigenvalue weighted by atomic mass is 10.1. The number of hydrogen-bond acceptors (Lipinski definition) is 3. The second kappa shape index (κ2) is 6.51. The molecule has 1 amide bonds. The largest absolute Gasteiger partial charge is 0.321 e. The first kappa shape index (κ1) is 16.9. The average Bonchev–Trinajstić information content (AvgIpc) is 2.58. The van der Waals surface area contributed by atoms with Gasteiger partial charge in [-0.1, -0.05) is 24.3 Å². The zero-order chi connectivity index (χ0) is 18.1. The van der Waals surface area contributed by atoms with Gasteiger partial charge in [0, 0.05) is 11.1 Å². The third kappa shape index (κ3) is 3.18. The van der Waals surface area contributed by atoms with Crippen molar-refractivity contribution in [1.82, 2.24) is 9.78 Å². The Labute approximate surface area is 146 Å². The van der Waals surface area contributed by atoms with Gasteiger partial charge in [0.15, 0.2) is 5.69 Å². The number of rotatable bonds is 3. The molecule has 0 bridgehead atoms. The number of nitrogens with one attached hydrogen (secondary N) is 1. The van der Waals surface area contributed by atoms with Crippen LogP contribution in [0.25, 0.3) is 10.8 Å². The second-order valence-corrected chi connectivity index (χ2v) is 6.49. The lowest BCUT2D eigenvalue weighted by molar-refractivity contribution is 0.102. The van der Waals surface area contributed by atoms with Gasteiger partial charge in [0.25, 0.3) is 11.5 Å². The third-order valence-electron chi connectivity index (χ3n) is 4.30. The first-order chi connectivity index (χ1) is 11.9. The van der Waals surface area contributed by atoms with E-state index in [4.69, 9.17) is 0 Å². The van der Waals surface area contributed by atoms with Crippen LogP contribution in [0.1, 0.15) is 41.5 Å². The number of anilines is 1.